The molecular formula is C18H19N3O2. The number of carboxylic acids is 1. The Balaban J connectivity index is 1.61. The van der Waals surface area contributed by atoms with Crippen LogP contribution < -0.4 is 10.3 Å². The molecule has 0 saturated carbocycles. The van der Waals surface area contributed by atoms with E-state index in [-0.39, 0.29) is 5.56 Å². The maximum Gasteiger partial charge on any atom is 0.335 e. The maximum absolute atomic E-state index is 10.9. The summed E-state index contributed by atoms with van der Waals surface area (Å²) in [6, 6.07) is 14.9. The second-order valence-electron chi connectivity index (χ2n) is 5.54. The number of hydrogen-bond donors (Lipinski definition) is 2. The molecule has 2 aromatic carbocycles. The van der Waals surface area contributed by atoms with E-state index in [9.17, 15) is 4.79 Å². The molecule has 118 valence electrons. The summed E-state index contributed by atoms with van der Waals surface area (Å²) in [5.74, 6) is -0.949. The Morgan fingerprint density at radius 1 is 1.13 bits per heavy atom. The predicted octanol–water partition coefficient (Wildman–Crippen LogP) is 3.43. The second-order valence-corrected chi connectivity index (χ2v) is 5.54. The molecule has 0 bridgehead atoms. The highest BCUT2D eigenvalue weighted by atomic mass is 16.4. The molecule has 1 aliphatic heterocycles. The molecule has 1 aliphatic rings. The molecule has 3 rings (SSSR count). The zero-order valence-electron chi connectivity index (χ0n) is 12.8. The number of carboxylic acid groups (broad SMARTS) is 1. The average Bonchev–Trinajstić information content (AvgIpc) is 3.10. The van der Waals surface area contributed by atoms with Gasteiger partial charge in [-0.15, -0.1) is 0 Å². The third-order valence-corrected chi connectivity index (χ3v) is 3.88. The zero-order valence-corrected chi connectivity index (χ0v) is 12.8. The molecule has 23 heavy (non-hydrogen) atoms. The molecule has 0 atom stereocenters. The van der Waals surface area contributed by atoms with Crippen LogP contribution in [0.5, 0.6) is 0 Å². The average molecular weight is 309 g/mol. The van der Waals surface area contributed by atoms with Crippen LogP contribution in [0, 0.1) is 0 Å². The topological polar surface area (TPSA) is 64.9 Å². The smallest absolute Gasteiger partial charge is 0.335 e. The SMILES string of the molecule is O=C(O)c1cccc(NN=Cc2ccc(N3CCCC3)cc2)c1. The van der Waals surface area contributed by atoms with Crippen LogP contribution in [0.2, 0.25) is 0 Å². The van der Waals surface area contributed by atoms with Crippen LogP contribution in [-0.4, -0.2) is 30.4 Å². The number of anilines is 2. The molecule has 0 radical (unpaired) electrons. The third kappa shape index (κ3) is 3.88. The molecule has 0 aliphatic carbocycles. The summed E-state index contributed by atoms with van der Waals surface area (Å²) < 4.78 is 0. The molecule has 0 unspecified atom stereocenters. The largest absolute Gasteiger partial charge is 0.478 e. The van der Waals surface area contributed by atoms with Crippen molar-refractivity contribution in [1.29, 1.82) is 0 Å². The Morgan fingerprint density at radius 2 is 1.87 bits per heavy atom. The highest BCUT2D eigenvalue weighted by molar-refractivity contribution is 5.89. The van der Waals surface area contributed by atoms with E-state index in [0.29, 0.717) is 5.69 Å². The number of hydrogen-bond acceptors (Lipinski definition) is 4. The number of benzene rings is 2. The lowest BCUT2D eigenvalue weighted by Gasteiger charge is -2.17. The number of nitrogens with zero attached hydrogens (tertiary/aromatic N) is 2. The van der Waals surface area contributed by atoms with Crippen molar-refractivity contribution in [2.75, 3.05) is 23.4 Å². The summed E-state index contributed by atoms with van der Waals surface area (Å²) in [7, 11) is 0. The van der Waals surface area contributed by atoms with Crippen molar-refractivity contribution in [2.24, 2.45) is 5.10 Å². The number of hydrazone groups is 1. The van der Waals surface area contributed by atoms with Crippen LogP contribution in [0.1, 0.15) is 28.8 Å². The molecule has 1 heterocycles. The normalized spacial score (nSPS) is 14.3. The number of aromatic carboxylic acids is 1. The van der Waals surface area contributed by atoms with Crippen molar-refractivity contribution in [1.82, 2.24) is 0 Å². The first-order valence-electron chi connectivity index (χ1n) is 7.70. The van der Waals surface area contributed by atoms with Gasteiger partial charge in [-0.05, 0) is 48.7 Å². The van der Waals surface area contributed by atoms with Crippen molar-refractivity contribution in [3.8, 4) is 0 Å². The van der Waals surface area contributed by atoms with Gasteiger partial charge in [0, 0.05) is 18.8 Å². The van der Waals surface area contributed by atoms with Crippen LogP contribution in [0.25, 0.3) is 0 Å². The van der Waals surface area contributed by atoms with E-state index in [1.54, 1.807) is 30.5 Å². The quantitative estimate of drug-likeness (QED) is 0.656. The monoisotopic (exact) mass is 309 g/mol. The van der Waals surface area contributed by atoms with Gasteiger partial charge in [0.2, 0.25) is 0 Å². The van der Waals surface area contributed by atoms with Gasteiger partial charge in [0.15, 0.2) is 0 Å². The van der Waals surface area contributed by atoms with Gasteiger partial charge in [-0.1, -0.05) is 18.2 Å². The van der Waals surface area contributed by atoms with Crippen molar-refractivity contribution < 1.29 is 9.90 Å². The number of carbonyl (C=O) groups is 1. The van der Waals surface area contributed by atoms with E-state index in [1.165, 1.54) is 18.5 Å². The van der Waals surface area contributed by atoms with Gasteiger partial charge in [0.05, 0.1) is 17.5 Å². The predicted molar refractivity (Wildman–Crippen MR) is 92.5 cm³/mol. The Bertz CT molecular complexity index is 704. The van der Waals surface area contributed by atoms with E-state index in [0.717, 1.165) is 18.7 Å². The molecule has 1 fully saturated rings. The molecule has 5 heteroatoms. The molecule has 0 spiro atoms. The van der Waals surface area contributed by atoms with E-state index < -0.39 is 5.97 Å². The maximum atomic E-state index is 10.9. The van der Waals surface area contributed by atoms with Gasteiger partial charge in [0.25, 0.3) is 0 Å². The summed E-state index contributed by atoms with van der Waals surface area (Å²) in [5.41, 5.74) is 5.98. The molecule has 2 aromatic rings. The Kier molecular flexibility index (Phi) is 4.57. The van der Waals surface area contributed by atoms with Crippen LogP contribution in [0.15, 0.2) is 53.6 Å². The molecule has 1 saturated heterocycles. The van der Waals surface area contributed by atoms with E-state index in [2.05, 4.69) is 27.6 Å². The summed E-state index contributed by atoms with van der Waals surface area (Å²) in [5, 5.41) is 13.1. The molecule has 5 nitrogen and oxygen atoms in total. The fourth-order valence-electron chi connectivity index (χ4n) is 2.65. The highest BCUT2D eigenvalue weighted by Crippen LogP contribution is 2.20. The Morgan fingerprint density at radius 3 is 2.57 bits per heavy atom. The minimum atomic E-state index is -0.949. The van der Waals surface area contributed by atoms with Crippen molar-refractivity contribution in [2.45, 2.75) is 12.8 Å². The fourth-order valence-corrected chi connectivity index (χ4v) is 2.65. The number of rotatable bonds is 5. The van der Waals surface area contributed by atoms with E-state index >= 15 is 0 Å². The van der Waals surface area contributed by atoms with Gasteiger partial charge in [-0.2, -0.15) is 5.10 Å². The molecule has 0 aromatic heterocycles. The Hall–Kier alpha value is -2.82. The summed E-state index contributed by atoms with van der Waals surface area (Å²) in [6.07, 6.45) is 4.26. The number of nitrogens with one attached hydrogen (secondary N) is 1. The third-order valence-electron chi connectivity index (χ3n) is 3.88. The highest BCUT2D eigenvalue weighted by Gasteiger charge is 2.11. The van der Waals surface area contributed by atoms with Crippen LogP contribution >= 0.6 is 0 Å². The van der Waals surface area contributed by atoms with Crippen LogP contribution in [0.3, 0.4) is 0 Å². The summed E-state index contributed by atoms with van der Waals surface area (Å²) in [6.45, 7) is 2.27. The van der Waals surface area contributed by atoms with E-state index in [1.807, 2.05) is 12.1 Å². The van der Waals surface area contributed by atoms with Crippen LogP contribution in [-0.2, 0) is 0 Å². The Labute approximate surface area is 135 Å². The summed E-state index contributed by atoms with van der Waals surface area (Å²) in [4.78, 5) is 13.3. The van der Waals surface area contributed by atoms with Crippen molar-refractivity contribution >= 4 is 23.6 Å². The standard InChI is InChI=1S/C18H19N3O2/c22-18(23)15-4-3-5-16(12-15)20-19-13-14-6-8-17(9-7-14)21-10-1-2-11-21/h3-9,12-13,20H,1-2,10-11H2,(H,22,23). The lowest BCUT2D eigenvalue weighted by molar-refractivity contribution is 0.0697. The van der Waals surface area contributed by atoms with Gasteiger partial charge in [0.1, 0.15) is 0 Å². The van der Waals surface area contributed by atoms with Crippen LogP contribution in [0.4, 0.5) is 11.4 Å². The minimum Gasteiger partial charge on any atom is -0.478 e. The van der Waals surface area contributed by atoms with Gasteiger partial charge < -0.3 is 10.0 Å². The zero-order chi connectivity index (χ0) is 16.1. The van der Waals surface area contributed by atoms with Gasteiger partial charge in [-0.3, -0.25) is 5.43 Å². The molecule has 2 N–H and O–H groups in total. The minimum absolute atomic E-state index is 0.236. The first-order valence-corrected chi connectivity index (χ1v) is 7.70. The lowest BCUT2D eigenvalue weighted by atomic mass is 10.2. The molecule has 0 amide bonds. The van der Waals surface area contributed by atoms with E-state index in [4.69, 9.17) is 5.11 Å². The first kappa shape index (κ1) is 15.1. The second kappa shape index (κ2) is 6.96. The molecular weight excluding hydrogens is 290 g/mol. The van der Waals surface area contributed by atoms with Gasteiger partial charge >= 0.3 is 5.97 Å². The first-order chi connectivity index (χ1) is 11.2. The summed E-state index contributed by atoms with van der Waals surface area (Å²) >= 11 is 0. The van der Waals surface area contributed by atoms with Crippen molar-refractivity contribution in [3.05, 3.63) is 59.7 Å². The lowest BCUT2D eigenvalue weighted by Crippen LogP contribution is -2.17. The van der Waals surface area contributed by atoms with Gasteiger partial charge in [-0.25, -0.2) is 4.79 Å². The fraction of sp³-hybridized carbons (Fsp3) is 0.222. The van der Waals surface area contributed by atoms with Crippen molar-refractivity contribution in [3.63, 3.8) is 0 Å².